The first-order chi connectivity index (χ1) is 10.5. The highest BCUT2D eigenvalue weighted by Gasteiger charge is 2.16. The molecule has 0 spiro atoms. The molecule has 8 heteroatoms. The smallest absolute Gasteiger partial charge is 0.231 e. The number of carbonyl (C=O) groups is 1. The molecule has 114 valence electrons. The van der Waals surface area contributed by atoms with E-state index in [1.165, 1.54) is 0 Å². The van der Waals surface area contributed by atoms with Crippen LogP contribution >= 0.6 is 11.3 Å². The number of nitrogens with zero attached hydrogens (tertiary/aromatic N) is 4. The Kier molecular flexibility index (Phi) is 3.76. The number of hydrogen-bond acceptors (Lipinski definition) is 6. The summed E-state index contributed by atoms with van der Waals surface area (Å²) in [6, 6.07) is 3.88. The highest BCUT2D eigenvalue weighted by atomic mass is 32.1. The van der Waals surface area contributed by atoms with Crippen LogP contribution < -0.4 is 5.32 Å². The first kappa shape index (κ1) is 14.5. The number of amides is 1. The van der Waals surface area contributed by atoms with Crippen molar-refractivity contribution in [1.29, 1.82) is 0 Å². The van der Waals surface area contributed by atoms with E-state index in [1.54, 1.807) is 30.0 Å². The molecule has 0 radical (unpaired) electrons. The third-order valence-corrected chi connectivity index (χ3v) is 4.14. The van der Waals surface area contributed by atoms with Gasteiger partial charge in [-0.25, -0.2) is 4.68 Å². The van der Waals surface area contributed by atoms with Crippen LogP contribution in [0.4, 0.5) is 5.95 Å². The minimum atomic E-state index is -0.178. The van der Waals surface area contributed by atoms with E-state index in [2.05, 4.69) is 20.6 Å². The van der Waals surface area contributed by atoms with Crippen molar-refractivity contribution in [2.24, 2.45) is 7.05 Å². The van der Waals surface area contributed by atoms with Gasteiger partial charge in [0.1, 0.15) is 5.76 Å². The largest absolute Gasteiger partial charge is 0.361 e. The maximum atomic E-state index is 12.2. The van der Waals surface area contributed by atoms with Gasteiger partial charge in [-0.05, 0) is 25.3 Å². The summed E-state index contributed by atoms with van der Waals surface area (Å²) in [4.78, 5) is 17.5. The average molecular weight is 317 g/mol. The lowest BCUT2D eigenvalue weighted by Crippen LogP contribution is -2.18. The molecule has 1 N–H and O–H groups in total. The molecule has 7 nitrogen and oxygen atoms in total. The van der Waals surface area contributed by atoms with Gasteiger partial charge in [0.05, 0.1) is 17.0 Å². The molecule has 0 aromatic carbocycles. The van der Waals surface area contributed by atoms with Crippen LogP contribution in [0.1, 0.15) is 17.0 Å². The molecule has 3 rings (SSSR count). The van der Waals surface area contributed by atoms with E-state index in [-0.39, 0.29) is 12.3 Å². The predicted molar refractivity (Wildman–Crippen MR) is 82.6 cm³/mol. The Morgan fingerprint density at radius 3 is 2.91 bits per heavy atom. The molecule has 0 aliphatic heterocycles. The lowest BCUT2D eigenvalue weighted by Gasteiger charge is -2.03. The third kappa shape index (κ3) is 2.77. The zero-order chi connectivity index (χ0) is 15.7. The number of rotatable bonds is 4. The Labute approximate surface area is 131 Å². The molecule has 0 aliphatic rings. The van der Waals surface area contributed by atoms with Crippen LogP contribution in [0, 0.1) is 13.8 Å². The molecule has 1 amide bonds. The van der Waals surface area contributed by atoms with E-state index in [0.717, 1.165) is 16.1 Å². The van der Waals surface area contributed by atoms with E-state index >= 15 is 0 Å². The summed E-state index contributed by atoms with van der Waals surface area (Å²) in [7, 11) is 1.75. The SMILES string of the molecule is Cc1noc(C)c1CC(=O)Nc1nc(-c2cccs2)nn1C. The Hall–Kier alpha value is -2.48. The minimum Gasteiger partial charge on any atom is -0.361 e. The summed E-state index contributed by atoms with van der Waals surface area (Å²) < 4.78 is 6.62. The van der Waals surface area contributed by atoms with Gasteiger partial charge >= 0.3 is 0 Å². The second kappa shape index (κ2) is 5.72. The topological polar surface area (TPSA) is 85.8 Å². The van der Waals surface area contributed by atoms with Crippen molar-refractivity contribution >= 4 is 23.2 Å². The summed E-state index contributed by atoms with van der Waals surface area (Å²) in [6.07, 6.45) is 0.197. The third-order valence-electron chi connectivity index (χ3n) is 3.27. The Morgan fingerprint density at radius 2 is 2.27 bits per heavy atom. The number of thiophene rings is 1. The number of aryl methyl sites for hydroxylation is 3. The summed E-state index contributed by atoms with van der Waals surface area (Å²) in [5.41, 5.74) is 1.53. The highest BCUT2D eigenvalue weighted by molar-refractivity contribution is 7.13. The second-order valence-electron chi connectivity index (χ2n) is 4.89. The highest BCUT2D eigenvalue weighted by Crippen LogP contribution is 2.22. The normalized spacial score (nSPS) is 10.9. The molecule has 0 aliphatic carbocycles. The molecule has 0 atom stereocenters. The second-order valence-corrected chi connectivity index (χ2v) is 5.84. The van der Waals surface area contributed by atoms with Gasteiger partial charge in [-0.1, -0.05) is 11.2 Å². The fourth-order valence-electron chi connectivity index (χ4n) is 2.09. The van der Waals surface area contributed by atoms with Crippen LogP contribution in [0.2, 0.25) is 0 Å². The van der Waals surface area contributed by atoms with E-state index in [9.17, 15) is 4.79 Å². The molecule has 0 unspecified atom stereocenters. The minimum absolute atomic E-state index is 0.178. The molecular weight excluding hydrogens is 302 g/mol. The van der Waals surface area contributed by atoms with Crippen molar-refractivity contribution in [2.45, 2.75) is 20.3 Å². The van der Waals surface area contributed by atoms with Crippen LogP contribution in [0.3, 0.4) is 0 Å². The van der Waals surface area contributed by atoms with Gasteiger partial charge in [-0.15, -0.1) is 16.4 Å². The van der Waals surface area contributed by atoms with Gasteiger partial charge in [-0.2, -0.15) is 4.98 Å². The zero-order valence-corrected chi connectivity index (χ0v) is 13.3. The summed E-state index contributed by atoms with van der Waals surface area (Å²) in [5.74, 6) is 1.50. The maximum absolute atomic E-state index is 12.2. The molecule has 3 aromatic rings. The van der Waals surface area contributed by atoms with Crippen LogP contribution in [0.5, 0.6) is 0 Å². The Bertz CT molecular complexity index is 784. The summed E-state index contributed by atoms with van der Waals surface area (Å²) in [5, 5.41) is 12.9. The first-order valence-electron chi connectivity index (χ1n) is 6.71. The maximum Gasteiger partial charge on any atom is 0.231 e. The van der Waals surface area contributed by atoms with Crippen molar-refractivity contribution in [3.63, 3.8) is 0 Å². The van der Waals surface area contributed by atoms with Gasteiger partial charge in [0, 0.05) is 12.6 Å². The number of carbonyl (C=O) groups excluding carboxylic acids is 1. The van der Waals surface area contributed by atoms with Crippen molar-refractivity contribution in [3.8, 4) is 10.7 Å². The van der Waals surface area contributed by atoms with Gasteiger partial charge in [0.15, 0.2) is 5.82 Å². The fourth-order valence-corrected chi connectivity index (χ4v) is 2.74. The molecule has 0 fully saturated rings. The standard InChI is InChI=1S/C14H15N5O2S/c1-8-10(9(2)21-18-8)7-12(20)15-14-16-13(17-19(14)3)11-5-4-6-22-11/h4-6H,7H2,1-3H3,(H,15,16,17,20). The van der Waals surface area contributed by atoms with Crippen molar-refractivity contribution in [3.05, 3.63) is 34.5 Å². The van der Waals surface area contributed by atoms with Crippen LogP contribution in [-0.2, 0) is 18.3 Å². The van der Waals surface area contributed by atoms with Crippen molar-refractivity contribution in [2.75, 3.05) is 5.32 Å². The van der Waals surface area contributed by atoms with Crippen molar-refractivity contribution in [1.82, 2.24) is 19.9 Å². The van der Waals surface area contributed by atoms with Crippen molar-refractivity contribution < 1.29 is 9.32 Å². The molecule has 0 saturated carbocycles. The van der Waals surface area contributed by atoms with Crippen LogP contribution in [-0.4, -0.2) is 25.8 Å². The lowest BCUT2D eigenvalue weighted by atomic mass is 10.1. The quantitative estimate of drug-likeness (QED) is 0.798. The number of nitrogens with one attached hydrogen (secondary N) is 1. The van der Waals surface area contributed by atoms with Gasteiger partial charge in [0.2, 0.25) is 11.9 Å². The van der Waals surface area contributed by atoms with E-state index in [1.807, 2.05) is 24.4 Å². The zero-order valence-electron chi connectivity index (χ0n) is 12.5. The fraction of sp³-hybridized carbons (Fsp3) is 0.286. The Balaban J connectivity index is 1.75. The molecule has 0 bridgehead atoms. The predicted octanol–water partition coefficient (Wildman–Crippen LogP) is 2.33. The molecule has 22 heavy (non-hydrogen) atoms. The monoisotopic (exact) mass is 317 g/mol. The van der Waals surface area contributed by atoms with E-state index < -0.39 is 0 Å². The number of anilines is 1. The van der Waals surface area contributed by atoms with Crippen LogP contribution in [0.15, 0.2) is 22.0 Å². The first-order valence-corrected chi connectivity index (χ1v) is 7.59. The van der Waals surface area contributed by atoms with Gasteiger partial charge in [0.25, 0.3) is 0 Å². The van der Waals surface area contributed by atoms with Gasteiger partial charge in [-0.3, -0.25) is 10.1 Å². The van der Waals surface area contributed by atoms with Crippen LogP contribution in [0.25, 0.3) is 10.7 Å². The summed E-state index contributed by atoms with van der Waals surface area (Å²) in [6.45, 7) is 3.61. The Morgan fingerprint density at radius 1 is 1.45 bits per heavy atom. The number of aromatic nitrogens is 4. The van der Waals surface area contributed by atoms with Gasteiger partial charge < -0.3 is 4.52 Å². The molecular formula is C14H15N5O2S. The van der Waals surface area contributed by atoms with E-state index in [4.69, 9.17) is 4.52 Å². The molecule has 3 heterocycles. The number of hydrogen-bond donors (Lipinski definition) is 1. The average Bonchev–Trinajstić information content (AvgIpc) is 3.18. The van der Waals surface area contributed by atoms with E-state index in [0.29, 0.717) is 17.5 Å². The lowest BCUT2D eigenvalue weighted by molar-refractivity contribution is -0.115. The molecule has 0 saturated heterocycles. The molecule has 3 aromatic heterocycles. The summed E-state index contributed by atoms with van der Waals surface area (Å²) >= 11 is 1.55.